The summed E-state index contributed by atoms with van der Waals surface area (Å²) in [6.07, 6.45) is 1.64. The number of nitrogens with zero attached hydrogens (tertiary/aromatic N) is 4. The summed E-state index contributed by atoms with van der Waals surface area (Å²) >= 11 is 6.00. The van der Waals surface area contributed by atoms with Crippen LogP contribution in [0.5, 0.6) is 0 Å². The summed E-state index contributed by atoms with van der Waals surface area (Å²) in [7, 11) is 0. The molecule has 2 fully saturated rings. The standard InChI is InChI=1S/C26H17ClN4O5/c27-16-7-5-14(6-8-16)24(32)23-21-20(22-19-4-2-1-3-15(19)13-28-30(22)23)25(33)29(26(21)34)17-9-11-18(12-10-17)31(35)36/h1-13,20-23H/t20-,21-,22+,23+/m1/s1. The van der Waals surface area contributed by atoms with Crippen LogP contribution in [0.1, 0.15) is 27.5 Å². The number of nitro groups is 1. The van der Waals surface area contributed by atoms with Crippen molar-refractivity contribution in [3.05, 3.63) is 105 Å². The lowest BCUT2D eigenvalue weighted by Crippen LogP contribution is -2.44. The first-order valence-corrected chi connectivity index (χ1v) is 11.6. The lowest BCUT2D eigenvalue weighted by molar-refractivity contribution is -0.384. The highest BCUT2D eigenvalue weighted by molar-refractivity contribution is 6.30. The normalized spacial score (nSPS) is 23.9. The molecule has 0 spiro atoms. The Hall–Kier alpha value is -4.37. The third-order valence-electron chi connectivity index (χ3n) is 7.01. The number of carbonyl (C=O) groups is 3. The van der Waals surface area contributed by atoms with Gasteiger partial charge in [-0.05, 0) is 47.5 Å². The highest BCUT2D eigenvalue weighted by atomic mass is 35.5. The zero-order chi connectivity index (χ0) is 25.1. The molecule has 9 nitrogen and oxygen atoms in total. The fraction of sp³-hybridized carbons (Fsp3) is 0.154. The molecule has 0 saturated carbocycles. The summed E-state index contributed by atoms with van der Waals surface area (Å²) in [5, 5.41) is 17.6. The molecule has 10 heteroatoms. The molecule has 2 saturated heterocycles. The van der Waals surface area contributed by atoms with Gasteiger partial charge in [-0.2, -0.15) is 5.10 Å². The summed E-state index contributed by atoms with van der Waals surface area (Å²) in [5.41, 5.74) is 2.04. The van der Waals surface area contributed by atoms with E-state index < -0.39 is 40.7 Å². The number of hydrogen-bond donors (Lipinski definition) is 0. The number of rotatable bonds is 4. The number of benzene rings is 3. The first kappa shape index (κ1) is 22.1. The quantitative estimate of drug-likeness (QED) is 0.231. The van der Waals surface area contributed by atoms with E-state index >= 15 is 0 Å². The Morgan fingerprint density at radius 1 is 0.917 bits per heavy atom. The van der Waals surface area contributed by atoms with E-state index in [4.69, 9.17) is 11.6 Å². The Kier molecular flexibility index (Phi) is 4.97. The number of amides is 2. The fourth-order valence-electron chi connectivity index (χ4n) is 5.43. The van der Waals surface area contributed by atoms with Gasteiger partial charge >= 0.3 is 0 Å². The van der Waals surface area contributed by atoms with Crippen molar-refractivity contribution >= 4 is 46.8 Å². The van der Waals surface area contributed by atoms with Crippen LogP contribution in [0.4, 0.5) is 11.4 Å². The molecule has 0 bridgehead atoms. The highest BCUT2D eigenvalue weighted by Gasteiger charge is 2.65. The van der Waals surface area contributed by atoms with Crippen molar-refractivity contribution in [3.63, 3.8) is 0 Å². The van der Waals surface area contributed by atoms with Gasteiger partial charge in [0.05, 0.1) is 34.7 Å². The van der Waals surface area contributed by atoms with Crippen LogP contribution in [0.2, 0.25) is 5.02 Å². The van der Waals surface area contributed by atoms with Crippen molar-refractivity contribution in [1.82, 2.24) is 5.01 Å². The van der Waals surface area contributed by atoms with Gasteiger partial charge in [0.1, 0.15) is 6.04 Å². The minimum atomic E-state index is -1.01. The number of hydrazone groups is 1. The van der Waals surface area contributed by atoms with Crippen LogP contribution in [0.25, 0.3) is 0 Å². The van der Waals surface area contributed by atoms with Gasteiger partial charge in [-0.1, -0.05) is 35.9 Å². The smallest absolute Gasteiger partial charge is 0.269 e. The van der Waals surface area contributed by atoms with Crippen molar-refractivity contribution in [2.24, 2.45) is 16.9 Å². The molecule has 36 heavy (non-hydrogen) atoms. The summed E-state index contributed by atoms with van der Waals surface area (Å²) in [5.74, 6) is -3.18. The van der Waals surface area contributed by atoms with E-state index in [1.165, 1.54) is 24.3 Å². The average Bonchev–Trinajstić information content (AvgIpc) is 3.36. The molecule has 0 radical (unpaired) electrons. The van der Waals surface area contributed by atoms with Crippen LogP contribution in [-0.2, 0) is 9.59 Å². The van der Waals surface area contributed by atoms with Crippen LogP contribution < -0.4 is 4.90 Å². The second-order valence-electron chi connectivity index (χ2n) is 8.85. The van der Waals surface area contributed by atoms with Crippen molar-refractivity contribution in [1.29, 1.82) is 0 Å². The molecule has 6 rings (SSSR count). The van der Waals surface area contributed by atoms with Gasteiger partial charge in [-0.25, -0.2) is 4.90 Å². The highest BCUT2D eigenvalue weighted by Crippen LogP contribution is 2.53. The maximum absolute atomic E-state index is 13.8. The van der Waals surface area contributed by atoms with Gasteiger partial charge < -0.3 is 0 Å². The van der Waals surface area contributed by atoms with E-state index in [0.29, 0.717) is 10.6 Å². The number of hydrogen-bond acceptors (Lipinski definition) is 7. The largest absolute Gasteiger partial charge is 0.292 e. The van der Waals surface area contributed by atoms with Gasteiger partial charge in [-0.15, -0.1) is 0 Å². The van der Waals surface area contributed by atoms with Crippen molar-refractivity contribution in [3.8, 4) is 0 Å². The number of carbonyl (C=O) groups excluding carboxylic acids is 3. The maximum Gasteiger partial charge on any atom is 0.269 e. The van der Waals surface area contributed by atoms with Crippen LogP contribution >= 0.6 is 11.6 Å². The number of halogens is 1. The maximum atomic E-state index is 13.8. The predicted molar refractivity (Wildman–Crippen MR) is 131 cm³/mol. The summed E-state index contributed by atoms with van der Waals surface area (Å²) in [6.45, 7) is 0. The number of nitro benzene ring substituents is 1. The number of imide groups is 1. The Morgan fingerprint density at radius 2 is 1.58 bits per heavy atom. The molecule has 4 atom stereocenters. The molecule has 178 valence electrons. The topological polar surface area (TPSA) is 113 Å². The van der Waals surface area contributed by atoms with Crippen LogP contribution in [0.15, 0.2) is 77.9 Å². The van der Waals surface area contributed by atoms with Crippen LogP contribution in [-0.4, -0.2) is 39.8 Å². The van der Waals surface area contributed by atoms with E-state index in [0.717, 1.165) is 16.0 Å². The van der Waals surface area contributed by atoms with Gasteiger partial charge in [-0.3, -0.25) is 29.5 Å². The molecule has 0 aliphatic carbocycles. The molecule has 3 heterocycles. The Balaban J connectivity index is 1.47. The molecule has 0 unspecified atom stereocenters. The lowest BCUT2D eigenvalue weighted by atomic mass is 9.83. The first-order valence-electron chi connectivity index (χ1n) is 11.2. The Labute approximate surface area is 209 Å². The van der Waals surface area contributed by atoms with Crippen molar-refractivity contribution < 1.29 is 19.3 Å². The molecule has 2 amide bonds. The zero-order valence-corrected chi connectivity index (χ0v) is 19.3. The number of anilines is 1. The number of non-ortho nitro benzene ring substituents is 1. The minimum absolute atomic E-state index is 0.157. The molecule has 0 N–H and O–H groups in total. The SMILES string of the molecule is O=C(c1ccc(Cl)cc1)[C@@H]1[C@@H]2C(=O)N(c3ccc([N+](=O)[O-])cc3)C(=O)[C@H]2[C@@H]2c3ccccc3C=NN12. The molecule has 3 aromatic carbocycles. The fourth-order valence-corrected chi connectivity index (χ4v) is 5.56. The van der Waals surface area contributed by atoms with E-state index in [9.17, 15) is 24.5 Å². The molecule has 0 aromatic heterocycles. The molecule has 3 aromatic rings. The number of Topliss-reactive ketones (excluding diaryl/α,β-unsaturated/α-hetero) is 1. The predicted octanol–water partition coefficient (Wildman–Crippen LogP) is 4.01. The number of ketones is 1. The van der Waals surface area contributed by atoms with Gasteiger partial charge in [0.15, 0.2) is 5.78 Å². The second-order valence-corrected chi connectivity index (χ2v) is 9.29. The molecule has 3 aliphatic heterocycles. The van der Waals surface area contributed by atoms with Crippen molar-refractivity contribution in [2.45, 2.75) is 12.1 Å². The summed E-state index contributed by atoms with van der Waals surface area (Å²) in [4.78, 5) is 52.9. The summed E-state index contributed by atoms with van der Waals surface area (Å²) < 4.78 is 0. The lowest BCUT2D eigenvalue weighted by Gasteiger charge is -2.33. The molecule has 3 aliphatic rings. The van der Waals surface area contributed by atoms with E-state index in [-0.39, 0.29) is 17.2 Å². The van der Waals surface area contributed by atoms with Crippen LogP contribution in [0, 0.1) is 22.0 Å². The van der Waals surface area contributed by atoms with Crippen LogP contribution in [0.3, 0.4) is 0 Å². The minimum Gasteiger partial charge on any atom is -0.292 e. The Bertz CT molecular complexity index is 1470. The summed E-state index contributed by atoms with van der Waals surface area (Å²) in [6, 6.07) is 17.4. The second kappa shape index (κ2) is 8.10. The van der Waals surface area contributed by atoms with E-state index in [1.54, 1.807) is 35.5 Å². The van der Waals surface area contributed by atoms with Gasteiger partial charge in [0.2, 0.25) is 11.8 Å². The molecular weight excluding hydrogens is 484 g/mol. The molecular formula is C26H17ClN4O5. The van der Waals surface area contributed by atoms with E-state index in [2.05, 4.69) is 5.10 Å². The first-order chi connectivity index (χ1) is 17.4. The third-order valence-corrected chi connectivity index (χ3v) is 7.26. The number of fused-ring (bicyclic) bond motifs is 5. The van der Waals surface area contributed by atoms with E-state index in [1.807, 2.05) is 24.3 Å². The Morgan fingerprint density at radius 3 is 2.28 bits per heavy atom. The monoisotopic (exact) mass is 500 g/mol. The zero-order valence-electron chi connectivity index (χ0n) is 18.5. The van der Waals surface area contributed by atoms with Gasteiger partial charge in [0.25, 0.3) is 5.69 Å². The van der Waals surface area contributed by atoms with Crippen molar-refractivity contribution in [2.75, 3.05) is 4.90 Å². The average molecular weight is 501 g/mol. The third kappa shape index (κ3) is 3.16. The van der Waals surface area contributed by atoms with Gasteiger partial charge in [0, 0.05) is 22.7 Å².